The van der Waals surface area contributed by atoms with Crippen LogP contribution in [0.4, 0.5) is 13.2 Å². The van der Waals surface area contributed by atoms with Gasteiger partial charge in [-0.3, -0.25) is 0 Å². The molecule has 0 spiro atoms. The van der Waals surface area contributed by atoms with Crippen LogP contribution in [0.15, 0.2) is 30.5 Å². The van der Waals surface area contributed by atoms with Crippen LogP contribution in [0, 0.1) is 0 Å². The number of benzene rings is 1. The fourth-order valence-electron chi connectivity index (χ4n) is 2.09. The highest BCUT2D eigenvalue weighted by molar-refractivity contribution is 5.84. The highest BCUT2D eigenvalue weighted by atomic mass is 19.4. The molecule has 2 nitrogen and oxygen atoms in total. The number of fused-ring (bicyclic) bond motifs is 1. The number of hydrogen-bond donors (Lipinski definition) is 1. The molecule has 0 radical (unpaired) electrons. The third kappa shape index (κ3) is 2.02. The lowest BCUT2D eigenvalue weighted by atomic mass is 9.98. The Morgan fingerprint density at radius 2 is 1.94 bits per heavy atom. The Kier molecular flexibility index (Phi) is 2.87. The Hall–Kier alpha value is -1.49. The molecule has 92 valence electrons. The maximum absolute atomic E-state index is 12.9. The number of nitrogens with two attached hydrogens (primary N) is 1. The molecule has 0 fully saturated rings. The predicted molar refractivity (Wildman–Crippen MR) is 60.8 cm³/mol. The molecule has 0 unspecified atom stereocenters. The predicted octanol–water partition coefficient (Wildman–Crippen LogP) is 2.78. The molecule has 1 aromatic heterocycles. The average Bonchev–Trinajstić information content (AvgIpc) is 2.56. The lowest BCUT2D eigenvalue weighted by molar-refractivity contribution is -0.147. The van der Waals surface area contributed by atoms with Gasteiger partial charge in [-0.1, -0.05) is 18.2 Å². The van der Waals surface area contributed by atoms with E-state index in [9.17, 15) is 13.2 Å². The summed E-state index contributed by atoms with van der Waals surface area (Å²) < 4.78 is 40.3. The fraction of sp³-hybridized carbons (Fsp3) is 0.333. The van der Waals surface area contributed by atoms with Crippen molar-refractivity contribution in [2.24, 2.45) is 12.8 Å². The van der Waals surface area contributed by atoms with Crippen molar-refractivity contribution >= 4 is 10.9 Å². The molecule has 0 aliphatic rings. The highest BCUT2D eigenvalue weighted by Crippen LogP contribution is 2.37. The molecule has 1 atom stereocenters. The minimum atomic E-state index is -4.31. The minimum absolute atomic E-state index is 0.248. The van der Waals surface area contributed by atoms with E-state index in [1.165, 1.54) is 6.20 Å². The second-order valence-corrected chi connectivity index (χ2v) is 4.04. The zero-order valence-corrected chi connectivity index (χ0v) is 9.33. The molecule has 0 saturated carbocycles. The quantitative estimate of drug-likeness (QED) is 0.862. The summed E-state index contributed by atoms with van der Waals surface area (Å²) in [5.74, 6) is -1.60. The first kappa shape index (κ1) is 12.0. The van der Waals surface area contributed by atoms with Gasteiger partial charge in [0, 0.05) is 30.7 Å². The van der Waals surface area contributed by atoms with E-state index in [0.717, 1.165) is 5.52 Å². The molecular formula is C12H13F3N2. The number of nitrogens with zero attached hydrogens (tertiary/aromatic N) is 1. The van der Waals surface area contributed by atoms with Crippen molar-refractivity contribution < 1.29 is 13.2 Å². The van der Waals surface area contributed by atoms with E-state index in [4.69, 9.17) is 5.73 Å². The van der Waals surface area contributed by atoms with Crippen LogP contribution < -0.4 is 5.73 Å². The molecule has 0 saturated heterocycles. The first-order chi connectivity index (χ1) is 7.95. The first-order valence-electron chi connectivity index (χ1n) is 5.26. The second-order valence-electron chi connectivity index (χ2n) is 4.04. The topological polar surface area (TPSA) is 30.9 Å². The van der Waals surface area contributed by atoms with Gasteiger partial charge in [0.25, 0.3) is 0 Å². The van der Waals surface area contributed by atoms with Crippen molar-refractivity contribution in [3.63, 3.8) is 0 Å². The van der Waals surface area contributed by atoms with Gasteiger partial charge in [0.15, 0.2) is 0 Å². The largest absolute Gasteiger partial charge is 0.397 e. The summed E-state index contributed by atoms with van der Waals surface area (Å²) in [6.45, 7) is -0.433. The molecule has 2 N–H and O–H groups in total. The highest BCUT2D eigenvalue weighted by Gasteiger charge is 2.41. The number of halogens is 3. The Bertz CT molecular complexity index is 528. The number of alkyl halides is 3. The van der Waals surface area contributed by atoms with Gasteiger partial charge in [0.1, 0.15) is 0 Å². The third-order valence-electron chi connectivity index (χ3n) is 2.93. The van der Waals surface area contributed by atoms with E-state index in [0.29, 0.717) is 5.39 Å². The molecular weight excluding hydrogens is 229 g/mol. The van der Waals surface area contributed by atoms with Crippen molar-refractivity contribution in [3.05, 3.63) is 36.0 Å². The summed E-state index contributed by atoms with van der Waals surface area (Å²) >= 11 is 0. The SMILES string of the molecule is Cn1cc([C@H](CN)C(F)(F)F)c2ccccc21. The summed E-state index contributed by atoms with van der Waals surface area (Å²) in [5, 5.41) is 0.614. The van der Waals surface area contributed by atoms with Gasteiger partial charge in [0.2, 0.25) is 0 Å². The average molecular weight is 242 g/mol. The van der Waals surface area contributed by atoms with E-state index in [1.807, 2.05) is 0 Å². The summed E-state index contributed by atoms with van der Waals surface area (Å²) in [6, 6.07) is 7.02. The lowest BCUT2D eigenvalue weighted by Gasteiger charge is -2.17. The molecule has 2 aromatic rings. The van der Waals surface area contributed by atoms with Gasteiger partial charge in [-0.15, -0.1) is 0 Å². The molecule has 0 amide bonds. The van der Waals surface area contributed by atoms with Crippen LogP contribution in [0.2, 0.25) is 0 Å². The molecule has 5 heteroatoms. The molecule has 0 aliphatic carbocycles. The fourth-order valence-corrected chi connectivity index (χ4v) is 2.09. The van der Waals surface area contributed by atoms with Gasteiger partial charge < -0.3 is 10.3 Å². The van der Waals surface area contributed by atoms with Crippen molar-refractivity contribution in [1.82, 2.24) is 4.57 Å². The third-order valence-corrected chi connectivity index (χ3v) is 2.93. The van der Waals surface area contributed by atoms with Crippen LogP contribution in [-0.4, -0.2) is 17.3 Å². The van der Waals surface area contributed by atoms with Crippen LogP contribution in [-0.2, 0) is 7.05 Å². The standard InChI is InChI=1S/C12H13F3N2/c1-17-7-9(10(6-16)12(13,14)15)8-4-2-3-5-11(8)17/h2-5,7,10H,6,16H2,1H3/t10-/m0/s1. The van der Waals surface area contributed by atoms with E-state index < -0.39 is 18.6 Å². The zero-order valence-electron chi connectivity index (χ0n) is 9.33. The van der Waals surface area contributed by atoms with Crippen LogP contribution >= 0.6 is 0 Å². The number of para-hydroxylation sites is 1. The summed E-state index contributed by atoms with van der Waals surface area (Å²) in [6.07, 6.45) is -2.80. The van der Waals surface area contributed by atoms with Crippen LogP contribution in [0.3, 0.4) is 0 Å². The van der Waals surface area contributed by atoms with Gasteiger partial charge in [-0.2, -0.15) is 13.2 Å². The molecule has 17 heavy (non-hydrogen) atoms. The first-order valence-corrected chi connectivity index (χ1v) is 5.26. The van der Waals surface area contributed by atoms with Crippen molar-refractivity contribution in [2.45, 2.75) is 12.1 Å². The second kappa shape index (κ2) is 4.07. The van der Waals surface area contributed by atoms with Crippen LogP contribution in [0.5, 0.6) is 0 Å². The van der Waals surface area contributed by atoms with Crippen molar-refractivity contribution in [2.75, 3.05) is 6.54 Å². The Morgan fingerprint density at radius 1 is 1.29 bits per heavy atom. The Labute approximate surface area is 96.8 Å². The maximum atomic E-state index is 12.9. The molecule has 1 heterocycles. The molecule has 1 aromatic carbocycles. The number of aromatic nitrogens is 1. The van der Waals surface area contributed by atoms with Gasteiger partial charge in [-0.25, -0.2) is 0 Å². The number of rotatable bonds is 2. The lowest BCUT2D eigenvalue weighted by Crippen LogP contribution is -2.27. The number of hydrogen-bond acceptors (Lipinski definition) is 1. The summed E-state index contributed by atoms with van der Waals surface area (Å²) in [5.41, 5.74) is 6.29. The molecule has 2 rings (SSSR count). The monoisotopic (exact) mass is 242 g/mol. The van der Waals surface area contributed by atoms with Crippen LogP contribution in [0.1, 0.15) is 11.5 Å². The van der Waals surface area contributed by atoms with Gasteiger partial charge >= 0.3 is 6.18 Å². The van der Waals surface area contributed by atoms with Crippen molar-refractivity contribution in [3.8, 4) is 0 Å². The zero-order chi connectivity index (χ0) is 12.6. The van der Waals surface area contributed by atoms with Crippen molar-refractivity contribution in [1.29, 1.82) is 0 Å². The summed E-state index contributed by atoms with van der Waals surface area (Å²) in [7, 11) is 1.73. The van der Waals surface area contributed by atoms with Gasteiger partial charge in [0.05, 0.1) is 5.92 Å². The van der Waals surface area contributed by atoms with Crippen LogP contribution in [0.25, 0.3) is 10.9 Å². The van der Waals surface area contributed by atoms with Gasteiger partial charge in [-0.05, 0) is 11.6 Å². The van der Waals surface area contributed by atoms with E-state index >= 15 is 0 Å². The van der Waals surface area contributed by atoms with E-state index in [1.54, 1.807) is 35.9 Å². The normalized spacial score (nSPS) is 14.2. The maximum Gasteiger partial charge on any atom is 0.397 e. The minimum Gasteiger partial charge on any atom is -0.350 e. The Balaban J connectivity index is 2.62. The van der Waals surface area contributed by atoms with E-state index in [2.05, 4.69) is 0 Å². The molecule has 0 aliphatic heterocycles. The molecule has 0 bridgehead atoms. The summed E-state index contributed by atoms with van der Waals surface area (Å²) in [4.78, 5) is 0. The number of aryl methyl sites for hydroxylation is 1. The van der Waals surface area contributed by atoms with E-state index in [-0.39, 0.29) is 5.56 Å². The smallest absolute Gasteiger partial charge is 0.350 e. The Morgan fingerprint density at radius 3 is 2.53 bits per heavy atom.